The molecule has 3 aromatic rings. The zero-order valence-electron chi connectivity index (χ0n) is 12.4. The van der Waals surface area contributed by atoms with Gasteiger partial charge in [-0.15, -0.1) is 0 Å². The molecule has 0 N–H and O–H groups in total. The lowest BCUT2D eigenvalue weighted by Crippen LogP contribution is -2.11. The number of anilines is 3. The summed E-state index contributed by atoms with van der Waals surface area (Å²) in [6, 6.07) is 16.5. The van der Waals surface area contributed by atoms with E-state index in [9.17, 15) is 13.2 Å². The zero-order chi connectivity index (χ0) is 16.4. The maximum absolute atomic E-state index is 14.0. The Morgan fingerprint density at radius 3 is 1.65 bits per heavy atom. The van der Waals surface area contributed by atoms with Gasteiger partial charge >= 0.3 is 0 Å². The molecule has 116 valence electrons. The maximum Gasteiger partial charge on any atom is 0.128 e. The first-order chi connectivity index (χ1) is 11.0. The van der Waals surface area contributed by atoms with Gasteiger partial charge in [0.1, 0.15) is 17.5 Å². The molecule has 0 fully saturated rings. The van der Waals surface area contributed by atoms with Gasteiger partial charge in [0, 0.05) is 17.1 Å². The van der Waals surface area contributed by atoms with Crippen LogP contribution in [0.15, 0.2) is 66.7 Å². The maximum atomic E-state index is 14.0. The highest BCUT2D eigenvalue weighted by molar-refractivity contribution is 5.76. The largest absolute Gasteiger partial charge is 0.310 e. The molecular weight excluding hydrogens is 299 g/mol. The second-order valence-corrected chi connectivity index (χ2v) is 5.23. The Hall–Kier alpha value is -2.75. The lowest BCUT2D eigenvalue weighted by Gasteiger charge is -2.25. The third kappa shape index (κ3) is 3.21. The molecule has 0 aromatic heterocycles. The average molecular weight is 313 g/mol. The minimum atomic E-state index is -0.420. The summed E-state index contributed by atoms with van der Waals surface area (Å²) < 4.78 is 41.2. The van der Waals surface area contributed by atoms with E-state index in [1.165, 1.54) is 30.3 Å². The molecule has 0 saturated heterocycles. The van der Waals surface area contributed by atoms with Crippen molar-refractivity contribution in [1.82, 2.24) is 0 Å². The number of hydrogen-bond donors (Lipinski definition) is 0. The van der Waals surface area contributed by atoms with Crippen molar-refractivity contribution in [3.63, 3.8) is 0 Å². The Bertz CT molecular complexity index is 800. The van der Waals surface area contributed by atoms with Crippen LogP contribution in [-0.2, 0) is 0 Å². The Morgan fingerprint density at radius 2 is 1.17 bits per heavy atom. The van der Waals surface area contributed by atoms with Gasteiger partial charge in [0.15, 0.2) is 0 Å². The number of benzene rings is 3. The van der Waals surface area contributed by atoms with Crippen molar-refractivity contribution in [1.29, 1.82) is 0 Å². The highest BCUT2D eigenvalue weighted by Gasteiger charge is 2.14. The highest BCUT2D eigenvalue weighted by Crippen LogP contribution is 2.35. The summed E-state index contributed by atoms with van der Waals surface area (Å²) in [5.74, 6) is -1.21. The monoisotopic (exact) mass is 313 g/mol. The van der Waals surface area contributed by atoms with Crippen LogP contribution in [0.4, 0.5) is 30.2 Å². The molecule has 0 aliphatic heterocycles. The van der Waals surface area contributed by atoms with Gasteiger partial charge in [0.05, 0.1) is 0 Å². The van der Waals surface area contributed by atoms with Gasteiger partial charge in [-0.2, -0.15) is 0 Å². The summed E-state index contributed by atoms with van der Waals surface area (Å²) in [4.78, 5) is 1.61. The fraction of sp³-hybridized carbons (Fsp3) is 0.0526. The number of hydrogen-bond acceptors (Lipinski definition) is 1. The molecule has 0 saturated carbocycles. The Morgan fingerprint density at radius 1 is 0.652 bits per heavy atom. The average Bonchev–Trinajstić information content (AvgIpc) is 2.51. The fourth-order valence-electron chi connectivity index (χ4n) is 2.40. The fourth-order valence-corrected chi connectivity index (χ4v) is 2.40. The standard InChI is InChI=1S/C19H14F3N/c1-13-8-9-18(12-19(13)22)23(16-6-2-4-14(20)10-16)17-7-3-5-15(21)11-17/h2-12H,1H3. The van der Waals surface area contributed by atoms with E-state index in [-0.39, 0.29) is 5.82 Å². The quantitative estimate of drug-likeness (QED) is 0.583. The molecule has 0 amide bonds. The molecule has 0 heterocycles. The van der Waals surface area contributed by atoms with Crippen LogP contribution in [0.1, 0.15) is 5.56 Å². The SMILES string of the molecule is Cc1ccc(N(c2cccc(F)c2)c2cccc(F)c2)cc1F. The third-order valence-corrected chi connectivity index (χ3v) is 3.55. The Balaban J connectivity index is 2.19. The van der Waals surface area contributed by atoms with Gasteiger partial charge in [-0.3, -0.25) is 0 Å². The molecule has 0 atom stereocenters. The van der Waals surface area contributed by atoms with E-state index in [1.807, 2.05) is 0 Å². The minimum absolute atomic E-state index is 0.375. The Kier molecular flexibility index (Phi) is 4.06. The van der Waals surface area contributed by atoms with Crippen LogP contribution in [0.5, 0.6) is 0 Å². The topological polar surface area (TPSA) is 3.24 Å². The van der Waals surface area contributed by atoms with Crippen molar-refractivity contribution < 1.29 is 13.2 Å². The first-order valence-electron chi connectivity index (χ1n) is 7.12. The van der Waals surface area contributed by atoms with Gasteiger partial charge in [-0.1, -0.05) is 18.2 Å². The summed E-state index contributed by atoms with van der Waals surface area (Å²) in [6.07, 6.45) is 0. The Labute approximate surface area is 132 Å². The zero-order valence-corrected chi connectivity index (χ0v) is 12.4. The van der Waals surface area contributed by atoms with Crippen LogP contribution in [0, 0.1) is 24.4 Å². The lowest BCUT2D eigenvalue weighted by atomic mass is 10.1. The molecule has 23 heavy (non-hydrogen) atoms. The van der Waals surface area contributed by atoms with Crippen LogP contribution in [0.3, 0.4) is 0 Å². The first-order valence-corrected chi connectivity index (χ1v) is 7.12. The van der Waals surface area contributed by atoms with Crippen LogP contribution in [0.25, 0.3) is 0 Å². The van der Waals surface area contributed by atoms with Gasteiger partial charge in [-0.25, -0.2) is 13.2 Å². The molecule has 3 aromatic carbocycles. The molecule has 0 aliphatic rings. The van der Waals surface area contributed by atoms with E-state index < -0.39 is 11.6 Å². The molecule has 0 spiro atoms. The number of rotatable bonds is 3. The lowest BCUT2D eigenvalue weighted by molar-refractivity contribution is 0.618. The molecular formula is C19H14F3N. The molecule has 0 radical (unpaired) electrons. The van der Waals surface area contributed by atoms with E-state index in [4.69, 9.17) is 0 Å². The van der Waals surface area contributed by atoms with Crippen molar-refractivity contribution in [2.75, 3.05) is 4.90 Å². The first kappa shape index (κ1) is 15.2. The van der Waals surface area contributed by atoms with Gasteiger partial charge in [0.25, 0.3) is 0 Å². The van der Waals surface area contributed by atoms with Crippen molar-refractivity contribution in [2.45, 2.75) is 6.92 Å². The summed E-state index contributed by atoms with van der Waals surface area (Å²) >= 11 is 0. The molecule has 0 unspecified atom stereocenters. The molecule has 3 rings (SSSR count). The van der Waals surface area contributed by atoms with Crippen molar-refractivity contribution in [3.8, 4) is 0 Å². The van der Waals surface area contributed by atoms with Crippen LogP contribution in [-0.4, -0.2) is 0 Å². The van der Waals surface area contributed by atoms with Gasteiger partial charge in [0.2, 0.25) is 0 Å². The number of halogens is 3. The third-order valence-electron chi connectivity index (χ3n) is 3.55. The van der Waals surface area contributed by atoms with Crippen LogP contribution >= 0.6 is 0 Å². The second kappa shape index (κ2) is 6.16. The predicted molar refractivity (Wildman–Crippen MR) is 85.7 cm³/mol. The van der Waals surface area contributed by atoms with Crippen molar-refractivity contribution >= 4 is 17.1 Å². The normalized spacial score (nSPS) is 10.6. The molecule has 1 nitrogen and oxygen atoms in total. The summed E-state index contributed by atoms with van der Waals surface area (Å²) in [5.41, 5.74) is 1.97. The molecule has 4 heteroatoms. The predicted octanol–water partition coefficient (Wildman–Crippen LogP) is 5.88. The van der Waals surface area contributed by atoms with E-state index in [0.29, 0.717) is 22.6 Å². The van der Waals surface area contributed by atoms with Crippen molar-refractivity contribution in [2.24, 2.45) is 0 Å². The summed E-state index contributed by atoms with van der Waals surface area (Å²) in [6.45, 7) is 1.66. The van der Waals surface area contributed by atoms with Gasteiger partial charge in [-0.05, 0) is 61.0 Å². The van der Waals surface area contributed by atoms with Crippen LogP contribution in [0.2, 0.25) is 0 Å². The second-order valence-electron chi connectivity index (χ2n) is 5.23. The highest BCUT2D eigenvalue weighted by atomic mass is 19.1. The molecule has 0 bridgehead atoms. The summed E-state index contributed by atoms with van der Waals surface area (Å²) in [5, 5.41) is 0. The number of aryl methyl sites for hydroxylation is 1. The minimum Gasteiger partial charge on any atom is -0.310 e. The van der Waals surface area contributed by atoms with E-state index >= 15 is 0 Å². The molecule has 0 aliphatic carbocycles. The smallest absolute Gasteiger partial charge is 0.128 e. The van der Waals surface area contributed by atoms with Crippen LogP contribution < -0.4 is 4.90 Å². The van der Waals surface area contributed by atoms with E-state index in [0.717, 1.165) is 0 Å². The summed E-state index contributed by atoms with van der Waals surface area (Å²) in [7, 11) is 0. The van der Waals surface area contributed by atoms with E-state index in [1.54, 1.807) is 48.2 Å². The number of nitrogens with zero attached hydrogens (tertiary/aromatic N) is 1. The van der Waals surface area contributed by atoms with Crippen molar-refractivity contribution in [3.05, 3.63) is 89.7 Å². The van der Waals surface area contributed by atoms with E-state index in [2.05, 4.69) is 0 Å². The van der Waals surface area contributed by atoms with Gasteiger partial charge < -0.3 is 4.90 Å².